The maximum atomic E-state index is 13.3. The van der Waals surface area contributed by atoms with Gasteiger partial charge in [-0.05, 0) is 25.0 Å². The van der Waals surface area contributed by atoms with E-state index in [0.29, 0.717) is 31.8 Å². The second-order valence-corrected chi connectivity index (χ2v) is 9.06. The molecule has 1 unspecified atom stereocenters. The molecule has 1 saturated heterocycles. The van der Waals surface area contributed by atoms with Gasteiger partial charge in [0.15, 0.2) is 5.65 Å². The fourth-order valence-electron chi connectivity index (χ4n) is 4.51. The normalized spacial score (nSPS) is 16.6. The number of hydrogen-bond acceptors (Lipinski definition) is 5. The van der Waals surface area contributed by atoms with E-state index >= 15 is 0 Å². The third kappa shape index (κ3) is 5.53. The number of carbonyl (C=O) groups is 2. The molecular weight excluding hydrogens is 464 g/mol. The SMILES string of the molecule is CC(Nc1c(-c2ccccc2)nc2cnccn12)C(=O)N1CCN(C(=O)C=CC2=CC=CCC=C2)CC1. The third-order valence-electron chi connectivity index (χ3n) is 6.53. The number of hydrogen-bond donors (Lipinski definition) is 1. The standard InChI is InChI=1S/C29H30N6O2/c1-22(31-28-27(24-11-7-4-8-12-24)32-25-21-30-15-16-35(25)28)29(37)34-19-17-33(18-20-34)26(36)14-13-23-9-5-2-3-6-10-23/h2,4-16,21-22,31H,3,17-20H2,1H3. The Morgan fingerprint density at radius 1 is 1.05 bits per heavy atom. The molecule has 0 spiro atoms. The Labute approximate surface area is 216 Å². The Morgan fingerprint density at radius 3 is 2.65 bits per heavy atom. The van der Waals surface area contributed by atoms with Gasteiger partial charge in [-0.15, -0.1) is 0 Å². The number of allylic oxidation sites excluding steroid dienone is 7. The van der Waals surface area contributed by atoms with Gasteiger partial charge in [0.05, 0.1) is 6.20 Å². The van der Waals surface area contributed by atoms with Crippen LogP contribution in [0.3, 0.4) is 0 Å². The predicted octanol–water partition coefficient (Wildman–Crippen LogP) is 3.87. The minimum atomic E-state index is -0.473. The van der Waals surface area contributed by atoms with Gasteiger partial charge in [-0.1, -0.05) is 60.7 Å². The Morgan fingerprint density at radius 2 is 1.84 bits per heavy atom. The molecular formula is C29H30N6O2. The number of carbonyl (C=O) groups excluding carboxylic acids is 2. The Hall–Kier alpha value is -4.46. The van der Waals surface area contributed by atoms with Gasteiger partial charge in [0, 0.05) is 50.2 Å². The van der Waals surface area contributed by atoms with E-state index in [-0.39, 0.29) is 11.8 Å². The second kappa shape index (κ2) is 11.1. The lowest BCUT2D eigenvalue weighted by Gasteiger charge is -2.35. The van der Waals surface area contributed by atoms with Crippen LogP contribution in [0.2, 0.25) is 0 Å². The molecule has 8 nitrogen and oxygen atoms in total. The summed E-state index contributed by atoms with van der Waals surface area (Å²) >= 11 is 0. The molecule has 37 heavy (non-hydrogen) atoms. The fourth-order valence-corrected chi connectivity index (χ4v) is 4.51. The number of nitrogens with one attached hydrogen (secondary N) is 1. The lowest BCUT2D eigenvalue weighted by molar-refractivity contribution is -0.137. The van der Waals surface area contributed by atoms with Crippen LogP contribution in [-0.2, 0) is 9.59 Å². The summed E-state index contributed by atoms with van der Waals surface area (Å²) in [5, 5.41) is 3.40. The van der Waals surface area contributed by atoms with E-state index in [2.05, 4.69) is 22.5 Å². The maximum Gasteiger partial charge on any atom is 0.246 e. The predicted molar refractivity (Wildman–Crippen MR) is 145 cm³/mol. The second-order valence-electron chi connectivity index (χ2n) is 9.06. The summed E-state index contributed by atoms with van der Waals surface area (Å²) < 4.78 is 1.91. The van der Waals surface area contributed by atoms with Crippen LogP contribution in [0.25, 0.3) is 16.9 Å². The number of fused-ring (bicyclic) bond motifs is 1. The van der Waals surface area contributed by atoms with Crippen molar-refractivity contribution in [2.75, 3.05) is 31.5 Å². The Kier molecular flexibility index (Phi) is 7.26. The number of nitrogens with zero attached hydrogens (tertiary/aromatic N) is 5. The van der Waals surface area contributed by atoms with Gasteiger partial charge in [-0.25, -0.2) is 4.98 Å². The molecule has 8 heteroatoms. The van der Waals surface area contributed by atoms with Crippen molar-refractivity contribution in [3.8, 4) is 11.3 Å². The maximum absolute atomic E-state index is 13.3. The zero-order chi connectivity index (χ0) is 25.6. The molecule has 0 radical (unpaired) electrons. The highest BCUT2D eigenvalue weighted by Crippen LogP contribution is 2.29. The van der Waals surface area contributed by atoms with E-state index in [1.807, 2.05) is 77.1 Å². The van der Waals surface area contributed by atoms with Gasteiger partial charge in [0.1, 0.15) is 17.6 Å². The van der Waals surface area contributed by atoms with Crippen LogP contribution in [0.15, 0.2) is 97.0 Å². The van der Waals surface area contributed by atoms with Crippen molar-refractivity contribution >= 4 is 23.3 Å². The highest BCUT2D eigenvalue weighted by Gasteiger charge is 2.27. The molecule has 1 fully saturated rings. The van der Waals surface area contributed by atoms with Crippen molar-refractivity contribution in [3.63, 3.8) is 0 Å². The van der Waals surface area contributed by atoms with Crippen LogP contribution in [0.4, 0.5) is 5.82 Å². The summed E-state index contributed by atoms with van der Waals surface area (Å²) in [5.74, 6) is 0.707. The zero-order valence-electron chi connectivity index (χ0n) is 20.8. The lowest BCUT2D eigenvalue weighted by atomic mass is 10.1. The van der Waals surface area contributed by atoms with Gasteiger partial charge >= 0.3 is 0 Å². The first kappa shape index (κ1) is 24.2. The number of anilines is 1. The molecule has 2 aromatic heterocycles. The highest BCUT2D eigenvalue weighted by atomic mass is 16.2. The summed E-state index contributed by atoms with van der Waals surface area (Å²) in [6.45, 7) is 3.87. The van der Waals surface area contributed by atoms with E-state index in [0.717, 1.165) is 29.1 Å². The number of rotatable bonds is 6. The van der Waals surface area contributed by atoms with Crippen LogP contribution < -0.4 is 5.32 Å². The largest absolute Gasteiger partial charge is 0.358 e. The molecule has 5 rings (SSSR count). The average Bonchev–Trinajstić information content (AvgIpc) is 3.10. The van der Waals surface area contributed by atoms with Gasteiger partial charge in [0.2, 0.25) is 11.8 Å². The molecule has 188 valence electrons. The Balaban J connectivity index is 1.23. The molecule has 1 N–H and O–H groups in total. The van der Waals surface area contributed by atoms with Crippen LogP contribution in [0, 0.1) is 0 Å². The molecule has 3 heterocycles. The van der Waals surface area contributed by atoms with Gasteiger partial charge < -0.3 is 15.1 Å². The van der Waals surface area contributed by atoms with E-state index in [1.54, 1.807) is 23.4 Å². The summed E-state index contributed by atoms with van der Waals surface area (Å²) in [4.78, 5) is 38.6. The van der Waals surface area contributed by atoms with Crippen molar-refractivity contribution in [3.05, 3.63) is 97.0 Å². The number of aromatic nitrogens is 3. The minimum absolute atomic E-state index is 0.00815. The molecule has 1 aromatic carbocycles. The first-order chi connectivity index (χ1) is 18.1. The summed E-state index contributed by atoms with van der Waals surface area (Å²) in [5.41, 5.74) is 3.42. The first-order valence-corrected chi connectivity index (χ1v) is 12.5. The van der Waals surface area contributed by atoms with Gasteiger partial charge in [-0.3, -0.25) is 19.0 Å². The van der Waals surface area contributed by atoms with Crippen molar-refractivity contribution in [2.45, 2.75) is 19.4 Å². The van der Waals surface area contributed by atoms with Crippen molar-refractivity contribution < 1.29 is 9.59 Å². The summed E-state index contributed by atoms with van der Waals surface area (Å²) in [6, 6.07) is 9.41. The monoisotopic (exact) mass is 494 g/mol. The third-order valence-corrected chi connectivity index (χ3v) is 6.53. The highest BCUT2D eigenvalue weighted by molar-refractivity contribution is 5.89. The van der Waals surface area contributed by atoms with Crippen LogP contribution in [-0.4, -0.2) is 68.2 Å². The molecule has 2 aliphatic rings. The van der Waals surface area contributed by atoms with E-state index < -0.39 is 6.04 Å². The number of benzene rings is 1. The minimum Gasteiger partial charge on any atom is -0.358 e. The van der Waals surface area contributed by atoms with Gasteiger partial charge in [-0.2, -0.15) is 0 Å². The van der Waals surface area contributed by atoms with Crippen molar-refractivity contribution in [1.82, 2.24) is 24.2 Å². The quantitative estimate of drug-likeness (QED) is 0.526. The number of imidazole rings is 1. The van der Waals surface area contributed by atoms with Crippen LogP contribution >= 0.6 is 0 Å². The Bertz CT molecular complexity index is 1390. The van der Waals surface area contributed by atoms with Crippen molar-refractivity contribution in [1.29, 1.82) is 0 Å². The van der Waals surface area contributed by atoms with Crippen LogP contribution in [0.5, 0.6) is 0 Å². The molecule has 0 saturated carbocycles. The summed E-state index contributed by atoms with van der Waals surface area (Å²) in [7, 11) is 0. The number of piperazine rings is 1. The van der Waals surface area contributed by atoms with E-state index in [1.165, 1.54) is 0 Å². The molecule has 0 bridgehead atoms. The zero-order valence-corrected chi connectivity index (χ0v) is 20.8. The molecule has 2 amide bonds. The topological polar surface area (TPSA) is 82.8 Å². The van der Waals surface area contributed by atoms with Crippen molar-refractivity contribution in [2.24, 2.45) is 0 Å². The molecule has 3 aromatic rings. The lowest BCUT2D eigenvalue weighted by Crippen LogP contribution is -2.53. The fraction of sp³-hybridized carbons (Fsp3) is 0.241. The molecule has 1 atom stereocenters. The van der Waals surface area contributed by atoms with E-state index in [9.17, 15) is 9.59 Å². The smallest absolute Gasteiger partial charge is 0.246 e. The average molecular weight is 495 g/mol. The van der Waals surface area contributed by atoms with E-state index in [4.69, 9.17) is 4.98 Å². The summed E-state index contributed by atoms with van der Waals surface area (Å²) in [6.07, 6.45) is 19.7. The molecule has 1 aliphatic carbocycles. The molecule has 1 aliphatic heterocycles. The van der Waals surface area contributed by atoms with Gasteiger partial charge in [0.25, 0.3) is 0 Å². The first-order valence-electron chi connectivity index (χ1n) is 12.5. The number of amides is 2. The van der Waals surface area contributed by atoms with Crippen LogP contribution in [0.1, 0.15) is 13.3 Å².